The summed E-state index contributed by atoms with van der Waals surface area (Å²) in [6.07, 6.45) is -1.10. The fourth-order valence-corrected chi connectivity index (χ4v) is 2.75. The van der Waals surface area contributed by atoms with Crippen molar-refractivity contribution in [2.45, 2.75) is 12.5 Å². The maximum absolute atomic E-state index is 12.4. The maximum atomic E-state index is 12.4. The number of ether oxygens (including phenoxy) is 2. The van der Waals surface area contributed by atoms with Crippen LogP contribution < -0.4 is 0 Å². The molecular formula is C13H10O5. The smallest absolute Gasteiger partial charge is 0.324 e. The van der Waals surface area contributed by atoms with Crippen LogP contribution in [0.2, 0.25) is 0 Å². The molecule has 1 fully saturated rings. The average Bonchev–Trinajstić information content (AvgIpc) is 2.84. The molecule has 1 aromatic rings. The number of benzene rings is 1. The van der Waals surface area contributed by atoms with Crippen LogP contribution in [0.15, 0.2) is 24.3 Å². The molecule has 1 heterocycles. The fourth-order valence-electron chi connectivity index (χ4n) is 2.75. The Morgan fingerprint density at radius 1 is 1.39 bits per heavy atom. The number of methoxy groups -OCH3 is 1. The van der Waals surface area contributed by atoms with Crippen molar-refractivity contribution in [2.24, 2.45) is 5.41 Å². The molecule has 0 bridgehead atoms. The minimum Gasteiger partial charge on any atom is -0.468 e. The lowest BCUT2D eigenvalue weighted by Gasteiger charge is -2.21. The third-order valence-electron chi connectivity index (χ3n) is 3.56. The second-order valence-electron chi connectivity index (χ2n) is 4.43. The van der Waals surface area contributed by atoms with Crippen LogP contribution in [0.3, 0.4) is 0 Å². The molecule has 0 radical (unpaired) electrons. The third-order valence-corrected chi connectivity index (χ3v) is 3.56. The predicted molar refractivity (Wildman–Crippen MR) is 58.7 cm³/mol. The number of hydrogen-bond acceptors (Lipinski definition) is 5. The Bertz CT molecular complexity index is 576. The molecule has 1 aliphatic heterocycles. The Kier molecular flexibility index (Phi) is 2.08. The molecule has 2 unspecified atom stereocenters. The first kappa shape index (κ1) is 11.0. The standard InChI is InChI=1S/C13H10O5/c1-17-12(16)13-6-9(14)18-11(13)8-5-3-2-4-7(8)10(13)15/h2-5,11H,6H2,1H3. The lowest BCUT2D eigenvalue weighted by Crippen LogP contribution is -2.38. The van der Waals surface area contributed by atoms with E-state index >= 15 is 0 Å². The van der Waals surface area contributed by atoms with E-state index < -0.39 is 23.5 Å². The summed E-state index contributed by atoms with van der Waals surface area (Å²) in [7, 11) is 1.20. The molecule has 0 amide bonds. The van der Waals surface area contributed by atoms with E-state index in [0.717, 1.165) is 0 Å². The van der Waals surface area contributed by atoms with E-state index in [1.165, 1.54) is 7.11 Å². The fraction of sp³-hybridized carbons (Fsp3) is 0.308. The zero-order valence-electron chi connectivity index (χ0n) is 9.64. The summed E-state index contributed by atoms with van der Waals surface area (Å²) in [5.74, 6) is -1.64. The van der Waals surface area contributed by atoms with Gasteiger partial charge in [0, 0.05) is 11.1 Å². The summed E-state index contributed by atoms with van der Waals surface area (Å²) >= 11 is 0. The predicted octanol–water partition coefficient (Wildman–Crippen LogP) is 1.03. The topological polar surface area (TPSA) is 69.7 Å². The highest BCUT2D eigenvalue weighted by Crippen LogP contribution is 2.54. The van der Waals surface area contributed by atoms with E-state index in [2.05, 4.69) is 0 Å². The zero-order chi connectivity index (χ0) is 12.9. The van der Waals surface area contributed by atoms with Gasteiger partial charge < -0.3 is 9.47 Å². The molecule has 2 atom stereocenters. The van der Waals surface area contributed by atoms with E-state index in [1.54, 1.807) is 24.3 Å². The van der Waals surface area contributed by atoms with Gasteiger partial charge in [0.25, 0.3) is 0 Å². The molecule has 3 rings (SSSR count). The van der Waals surface area contributed by atoms with Gasteiger partial charge in [-0.15, -0.1) is 0 Å². The molecule has 5 heteroatoms. The molecule has 1 aliphatic carbocycles. The highest BCUT2D eigenvalue weighted by molar-refractivity contribution is 6.19. The van der Waals surface area contributed by atoms with E-state index in [4.69, 9.17) is 9.47 Å². The van der Waals surface area contributed by atoms with Gasteiger partial charge >= 0.3 is 11.9 Å². The minimum absolute atomic E-state index is 0.252. The van der Waals surface area contributed by atoms with Crippen molar-refractivity contribution in [1.29, 1.82) is 0 Å². The van der Waals surface area contributed by atoms with Gasteiger partial charge in [0.05, 0.1) is 13.5 Å². The van der Waals surface area contributed by atoms with Gasteiger partial charge in [0.15, 0.2) is 17.3 Å². The normalized spacial score (nSPS) is 28.6. The molecule has 0 spiro atoms. The van der Waals surface area contributed by atoms with Crippen LogP contribution in [0.5, 0.6) is 0 Å². The molecule has 0 saturated carbocycles. The molecule has 2 aliphatic rings. The largest absolute Gasteiger partial charge is 0.468 e. The number of rotatable bonds is 1. The van der Waals surface area contributed by atoms with Crippen LogP contribution in [-0.2, 0) is 19.1 Å². The highest BCUT2D eigenvalue weighted by Gasteiger charge is 2.66. The second-order valence-corrected chi connectivity index (χ2v) is 4.43. The average molecular weight is 246 g/mol. The summed E-state index contributed by atoms with van der Waals surface area (Å²) in [5, 5.41) is 0. The van der Waals surface area contributed by atoms with Gasteiger partial charge in [-0.25, -0.2) is 0 Å². The Balaban J connectivity index is 2.22. The lowest BCUT2D eigenvalue weighted by molar-refractivity contribution is -0.152. The number of fused-ring (bicyclic) bond motifs is 3. The molecule has 0 N–H and O–H groups in total. The summed E-state index contributed by atoms with van der Waals surface area (Å²) in [5.41, 5.74) is -0.505. The number of Topliss-reactive ketones (excluding diaryl/α,β-unsaturated/α-hetero) is 1. The summed E-state index contributed by atoms with van der Waals surface area (Å²) < 4.78 is 9.84. The monoisotopic (exact) mass is 246 g/mol. The summed E-state index contributed by atoms with van der Waals surface area (Å²) in [6, 6.07) is 6.78. The van der Waals surface area contributed by atoms with Crippen LogP contribution >= 0.6 is 0 Å². The van der Waals surface area contributed by atoms with Crippen LogP contribution in [0.4, 0.5) is 0 Å². The van der Waals surface area contributed by atoms with Crippen molar-refractivity contribution in [2.75, 3.05) is 7.11 Å². The Morgan fingerprint density at radius 2 is 2.11 bits per heavy atom. The van der Waals surface area contributed by atoms with Gasteiger partial charge in [-0.1, -0.05) is 24.3 Å². The van der Waals surface area contributed by atoms with Gasteiger partial charge in [0.1, 0.15) is 0 Å². The molecule has 5 nitrogen and oxygen atoms in total. The van der Waals surface area contributed by atoms with Crippen molar-refractivity contribution >= 4 is 17.7 Å². The summed E-state index contributed by atoms with van der Waals surface area (Å²) in [4.78, 5) is 35.8. The number of carbonyl (C=O) groups excluding carboxylic acids is 3. The van der Waals surface area contributed by atoms with Gasteiger partial charge in [0.2, 0.25) is 0 Å². The zero-order valence-corrected chi connectivity index (χ0v) is 9.64. The number of ketones is 1. The van der Waals surface area contributed by atoms with E-state index in [1.807, 2.05) is 0 Å². The van der Waals surface area contributed by atoms with Crippen molar-refractivity contribution < 1.29 is 23.9 Å². The van der Waals surface area contributed by atoms with Crippen LogP contribution in [0.25, 0.3) is 0 Å². The van der Waals surface area contributed by atoms with Crippen molar-refractivity contribution in [1.82, 2.24) is 0 Å². The maximum Gasteiger partial charge on any atom is 0.324 e. The Hall–Kier alpha value is -2.17. The number of carbonyl (C=O) groups is 3. The van der Waals surface area contributed by atoms with Gasteiger partial charge in [-0.3, -0.25) is 14.4 Å². The second kappa shape index (κ2) is 3.41. The van der Waals surface area contributed by atoms with Crippen LogP contribution in [-0.4, -0.2) is 24.8 Å². The highest BCUT2D eigenvalue weighted by atomic mass is 16.6. The number of hydrogen-bond donors (Lipinski definition) is 0. The van der Waals surface area contributed by atoms with E-state index in [0.29, 0.717) is 11.1 Å². The Labute approximate surface area is 103 Å². The molecule has 0 aromatic heterocycles. The van der Waals surface area contributed by atoms with Crippen molar-refractivity contribution in [3.8, 4) is 0 Å². The van der Waals surface area contributed by atoms with Crippen LogP contribution in [0, 0.1) is 5.41 Å². The minimum atomic E-state index is -1.52. The summed E-state index contributed by atoms with van der Waals surface area (Å²) in [6.45, 7) is 0. The Morgan fingerprint density at radius 3 is 2.83 bits per heavy atom. The first-order chi connectivity index (χ1) is 8.61. The molecular weight excluding hydrogens is 236 g/mol. The molecule has 18 heavy (non-hydrogen) atoms. The van der Waals surface area contributed by atoms with Gasteiger partial charge in [-0.2, -0.15) is 0 Å². The molecule has 1 aromatic carbocycles. The van der Waals surface area contributed by atoms with Crippen molar-refractivity contribution in [3.63, 3.8) is 0 Å². The molecule has 1 saturated heterocycles. The van der Waals surface area contributed by atoms with Crippen LogP contribution in [0.1, 0.15) is 28.4 Å². The van der Waals surface area contributed by atoms with E-state index in [9.17, 15) is 14.4 Å². The first-order valence-electron chi connectivity index (χ1n) is 5.53. The lowest BCUT2D eigenvalue weighted by atomic mass is 9.80. The SMILES string of the molecule is COC(=O)C12CC(=O)OC1c1ccccc1C2=O. The third kappa shape index (κ3) is 1.08. The van der Waals surface area contributed by atoms with Gasteiger partial charge in [-0.05, 0) is 0 Å². The van der Waals surface area contributed by atoms with E-state index in [-0.39, 0.29) is 12.2 Å². The first-order valence-corrected chi connectivity index (χ1v) is 5.53. The number of esters is 2. The molecule has 92 valence electrons. The quantitative estimate of drug-likeness (QED) is 0.546. The van der Waals surface area contributed by atoms with Crippen molar-refractivity contribution in [3.05, 3.63) is 35.4 Å².